The number of benzene rings is 1. The van der Waals surface area contributed by atoms with Gasteiger partial charge in [-0.25, -0.2) is 4.79 Å². The van der Waals surface area contributed by atoms with Crippen molar-refractivity contribution < 1.29 is 19.1 Å². The topological polar surface area (TPSA) is 91.0 Å². The van der Waals surface area contributed by atoms with Gasteiger partial charge in [-0.3, -0.25) is 9.59 Å². The van der Waals surface area contributed by atoms with Crippen LogP contribution in [-0.4, -0.2) is 66.5 Å². The highest BCUT2D eigenvalue weighted by molar-refractivity contribution is 6.00. The molecule has 0 atom stereocenters. The number of nitrogens with zero attached hydrogens (tertiary/aromatic N) is 2. The largest absolute Gasteiger partial charge is 0.482 e. The number of hydrogen-bond donors (Lipinski definition) is 2. The Balaban J connectivity index is 1.62. The average molecular weight is 346 g/mol. The average Bonchev–Trinajstić information content (AvgIpc) is 2.60. The van der Waals surface area contributed by atoms with Crippen LogP contribution in [0.25, 0.3) is 0 Å². The van der Waals surface area contributed by atoms with Crippen LogP contribution in [-0.2, 0) is 4.79 Å². The summed E-state index contributed by atoms with van der Waals surface area (Å²) in [5.41, 5.74) is 1.00. The van der Waals surface area contributed by atoms with E-state index in [-0.39, 0.29) is 30.5 Å². The van der Waals surface area contributed by atoms with Crippen LogP contribution in [0.5, 0.6) is 5.75 Å². The highest BCUT2D eigenvalue weighted by Gasteiger charge is 2.26. The Morgan fingerprint density at radius 3 is 2.52 bits per heavy atom. The lowest BCUT2D eigenvalue weighted by Crippen LogP contribution is -2.54. The Labute approximate surface area is 146 Å². The molecule has 2 aliphatic heterocycles. The van der Waals surface area contributed by atoms with Crippen LogP contribution in [0.2, 0.25) is 0 Å². The van der Waals surface area contributed by atoms with Gasteiger partial charge in [0, 0.05) is 37.8 Å². The zero-order valence-corrected chi connectivity index (χ0v) is 14.4. The molecule has 1 saturated heterocycles. The van der Waals surface area contributed by atoms with Crippen molar-refractivity contribution in [3.8, 4) is 5.75 Å². The summed E-state index contributed by atoms with van der Waals surface area (Å²) in [6, 6.07) is 4.99. The molecule has 0 spiro atoms. The smallest absolute Gasteiger partial charge is 0.317 e. The van der Waals surface area contributed by atoms with Gasteiger partial charge in [0.05, 0.1) is 5.69 Å². The minimum atomic E-state index is -0.234. The number of urea groups is 1. The first kappa shape index (κ1) is 17.1. The fourth-order valence-corrected chi connectivity index (χ4v) is 2.85. The van der Waals surface area contributed by atoms with Crippen molar-refractivity contribution in [2.45, 2.75) is 19.9 Å². The van der Waals surface area contributed by atoms with Gasteiger partial charge >= 0.3 is 6.03 Å². The molecular formula is C17H22N4O4. The molecule has 0 saturated carbocycles. The Kier molecular flexibility index (Phi) is 4.78. The van der Waals surface area contributed by atoms with Crippen LogP contribution in [0.3, 0.4) is 0 Å². The van der Waals surface area contributed by atoms with Crippen molar-refractivity contribution in [2.75, 3.05) is 38.1 Å². The number of anilines is 1. The number of rotatable bonds is 2. The van der Waals surface area contributed by atoms with Crippen molar-refractivity contribution >= 4 is 23.5 Å². The van der Waals surface area contributed by atoms with Crippen LogP contribution >= 0.6 is 0 Å². The van der Waals surface area contributed by atoms with Gasteiger partial charge in [0.1, 0.15) is 5.75 Å². The normalized spacial score (nSPS) is 16.8. The molecule has 1 fully saturated rings. The van der Waals surface area contributed by atoms with Crippen LogP contribution in [0.4, 0.5) is 10.5 Å². The molecule has 2 aliphatic rings. The fraction of sp³-hybridized carbons (Fsp3) is 0.471. The summed E-state index contributed by atoms with van der Waals surface area (Å²) >= 11 is 0. The quantitative estimate of drug-likeness (QED) is 0.832. The molecule has 134 valence electrons. The van der Waals surface area contributed by atoms with Gasteiger partial charge in [-0.05, 0) is 32.0 Å². The van der Waals surface area contributed by atoms with Crippen LogP contribution in [0.1, 0.15) is 24.2 Å². The molecule has 0 radical (unpaired) electrons. The summed E-state index contributed by atoms with van der Waals surface area (Å²) in [5, 5.41) is 5.56. The van der Waals surface area contributed by atoms with Crippen molar-refractivity contribution in [3.05, 3.63) is 23.8 Å². The van der Waals surface area contributed by atoms with Gasteiger partial charge in [-0.1, -0.05) is 0 Å². The van der Waals surface area contributed by atoms with Crippen molar-refractivity contribution in [1.82, 2.24) is 15.1 Å². The SMILES string of the molecule is CC(C)NC(=O)N1CCN(C(=O)c2ccc3c(c2)NC(=O)CO3)CC1. The second kappa shape index (κ2) is 7.00. The summed E-state index contributed by atoms with van der Waals surface area (Å²) in [4.78, 5) is 39.5. The molecule has 8 nitrogen and oxygen atoms in total. The zero-order valence-electron chi connectivity index (χ0n) is 14.4. The van der Waals surface area contributed by atoms with Gasteiger partial charge < -0.3 is 25.2 Å². The third-order valence-corrected chi connectivity index (χ3v) is 4.13. The van der Waals surface area contributed by atoms with E-state index in [0.717, 1.165) is 0 Å². The summed E-state index contributed by atoms with van der Waals surface area (Å²) < 4.78 is 5.30. The van der Waals surface area contributed by atoms with Crippen molar-refractivity contribution in [2.24, 2.45) is 0 Å². The summed E-state index contributed by atoms with van der Waals surface area (Å²) in [6.07, 6.45) is 0. The predicted octanol–water partition coefficient (Wildman–Crippen LogP) is 0.893. The minimum absolute atomic E-state index is 0.0132. The molecule has 4 amide bonds. The Hall–Kier alpha value is -2.77. The molecule has 0 unspecified atom stereocenters. The molecule has 0 aliphatic carbocycles. The van der Waals surface area contributed by atoms with Gasteiger partial charge in [0.2, 0.25) is 0 Å². The lowest BCUT2D eigenvalue weighted by atomic mass is 10.1. The second-order valence-electron chi connectivity index (χ2n) is 6.43. The Bertz CT molecular complexity index is 696. The molecule has 1 aromatic rings. The molecular weight excluding hydrogens is 324 g/mol. The number of fused-ring (bicyclic) bond motifs is 1. The van der Waals surface area contributed by atoms with E-state index in [0.29, 0.717) is 43.2 Å². The van der Waals surface area contributed by atoms with Gasteiger partial charge in [0.25, 0.3) is 11.8 Å². The van der Waals surface area contributed by atoms with E-state index in [1.54, 1.807) is 28.0 Å². The summed E-state index contributed by atoms with van der Waals surface area (Å²) in [6.45, 7) is 5.76. The third kappa shape index (κ3) is 3.84. The second-order valence-corrected chi connectivity index (χ2v) is 6.43. The highest BCUT2D eigenvalue weighted by Crippen LogP contribution is 2.29. The van der Waals surface area contributed by atoms with E-state index in [1.807, 2.05) is 13.8 Å². The first-order valence-electron chi connectivity index (χ1n) is 8.35. The predicted molar refractivity (Wildman–Crippen MR) is 91.7 cm³/mol. The zero-order chi connectivity index (χ0) is 18.0. The molecule has 8 heteroatoms. The third-order valence-electron chi connectivity index (χ3n) is 4.13. The summed E-state index contributed by atoms with van der Waals surface area (Å²) in [5.74, 6) is 0.208. The van der Waals surface area contributed by atoms with E-state index in [1.165, 1.54) is 0 Å². The number of amides is 4. The number of ether oxygens (including phenoxy) is 1. The van der Waals surface area contributed by atoms with Gasteiger partial charge in [-0.15, -0.1) is 0 Å². The number of carbonyl (C=O) groups excluding carboxylic acids is 3. The Morgan fingerprint density at radius 2 is 1.84 bits per heavy atom. The standard InChI is InChI=1S/C17H22N4O4/c1-11(2)18-17(24)21-7-5-20(6-8-21)16(23)12-3-4-14-13(9-12)19-15(22)10-25-14/h3-4,9,11H,5-8,10H2,1-2H3,(H,18,24)(H,19,22). The number of piperazine rings is 1. The van der Waals surface area contributed by atoms with Crippen LogP contribution < -0.4 is 15.4 Å². The van der Waals surface area contributed by atoms with Crippen molar-refractivity contribution in [3.63, 3.8) is 0 Å². The number of nitrogens with one attached hydrogen (secondary N) is 2. The fourth-order valence-electron chi connectivity index (χ4n) is 2.85. The Morgan fingerprint density at radius 1 is 1.16 bits per heavy atom. The monoisotopic (exact) mass is 346 g/mol. The maximum absolute atomic E-state index is 12.7. The van der Waals surface area contributed by atoms with Crippen LogP contribution in [0.15, 0.2) is 18.2 Å². The summed E-state index contributed by atoms with van der Waals surface area (Å²) in [7, 11) is 0. The molecule has 0 aromatic heterocycles. The van der Waals surface area contributed by atoms with Gasteiger partial charge in [0.15, 0.2) is 6.61 Å². The first-order valence-corrected chi connectivity index (χ1v) is 8.35. The van der Waals surface area contributed by atoms with E-state index in [9.17, 15) is 14.4 Å². The molecule has 25 heavy (non-hydrogen) atoms. The van der Waals surface area contributed by atoms with E-state index in [2.05, 4.69) is 10.6 Å². The lowest BCUT2D eigenvalue weighted by molar-refractivity contribution is -0.118. The maximum atomic E-state index is 12.7. The highest BCUT2D eigenvalue weighted by atomic mass is 16.5. The van der Waals surface area contributed by atoms with E-state index < -0.39 is 0 Å². The number of hydrogen-bond acceptors (Lipinski definition) is 4. The van der Waals surface area contributed by atoms with Crippen LogP contribution in [0, 0.1) is 0 Å². The molecule has 2 heterocycles. The lowest BCUT2D eigenvalue weighted by Gasteiger charge is -2.35. The molecule has 0 bridgehead atoms. The maximum Gasteiger partial charge on any atom is 0.317 e. The molecule has 3 rings (SSSR count). The van der Waals surface area contributed by atoms with Gasteiger partial charge in [-0.2, -0.15) is 0 Å². The first-order chi connectivity index (χ1) is 11.9. The van der Waals surface area contributed by atoms with E-state index >= 15 is 0 Å². The van der Waals surface area contributed by atoms with E-state index in [4.69, 9.17) is 4.74 Å². The minimum Gasteiger partial charge on any atom is -0.482 e. The molecule has 2 N–H and O–H groups in total. The molecule has 1 aromatic carbocycles. The van der Waals surface area contributed by atoms with Crippen molar-refractivity contribution in [1.29, 1.82) is 0 Å². The number of carbonyl (C=O) groups is 3.